The van der Waals surface area contributed by atoms with Crippen molar-refractivity contribution in [3.8, 4) is 5.75 Å². The van der Waals surface area contributed by atoms with E-state index in [4.69, 9.17) is 9.84 Å². The van der Waals surface area contributed by atoms with Crippen LogP contribution in [0.4, 0.5) is 0 Å². The summed E-state index contributed by atoms with van der Waals surface area (Å²) in [6.45, 7) is 3.32. The number of hydrogen-bond donors (Lipinski definition) is 3. The normalized spacial score (nSPS) is 21.6. The molecule has 3 N–H and O–H groups in total. The van der Waals surface area contributed by atoms with Gasteiger partial charge in [0.2, 0.25) is 0 Å². The molecule has 0 amide bonds. The Hall–Kier alpha value is -2.46. The molecule has 0 bridgehead atoms. The van der Waals surface area contributed by atoms with Crippen LogP contribution in [0.2, 0.25) is 0 Å². The second-order valence-electron chi connectivity index (χ2n) is 8.90. The van der Waals surface area contributed by atoms with Crippen molar-refractivity contribution in [1.29, 1.82) is 0 Å². The van der Waals surface area contributed by atoms with Gasteiger partial charge in [-0.05, 0) is 36.1 Å². The van der Waals surface area contributed by atoms with Gasteiger partial charge in [0.05, 0.1) is 30.3 Å². The number of methoxy groups -OCH3 is 1. The number of nitrogens with zero attached hydrogens (tertiary/aromatic N) is 1. The maximum absolute atomic E-state index is 13.8. The van der Waals surface area contributed by atoms with Crippen LogP contribution in [0.5, 0.6) is 5.75 Å². The standard InChI is InChI=1S/C25H34N2O6S/c1-4-6-12-25(5-2)17-34(31,32)22-13-19(15-27(30)16-23(28)29)21(33-3)14-20(22)24(26-25)18-10-8-7-9-11-18/h7-11,13-14,24,26,30H,4-6,12,15-17H2,1-3H3,(H,28,29)/t24-,25-/m1/s1. The van der Waals surface area contributed by atoms with Crippen molar-refractivity contribution in [2.24, 2.45) is 0 Å². The molecular weight excluding hydrogens is 456 g/mol. The Morgan fingerprint density at radius 3 is 2.53 bits per heavy atom. The van der Waals surface area contributed by atoms with Crippen molar-refractivity contribution in [3.63, 3.8) is 0 Å². The predicted octanol–water partition coefficient (Wildman–Crippen LogP) is 3.78. The summed E-state index contributed by atoms with van der Waals surface area (Å²) in [6, 6.07) is 12.6. The summed E-state index contributed by atoms with van der Waals surface area (Å²) >= 11 is 0. The van der Waals surface area contributed by atoms with Crippen LogP contribution in [0.1, 0.15) is 62.3 Å². The van der Waals surface area contributed by atoms with Gasteiger partial charge < -0.3 is 15.1 Å². The molecule has 0 unspecified atom stereocenters. The number of unbranched alkanes of at least 4 members (excludes halogenated alkanes) is 1. The molecule has 0 saturated carbocycles. The van der Waals surface area contributed by atoms with Crippen LogP contribution in [-0.4, -0.2) is 54.7 Å². The average molecular weight is 491 g/mol. The molecule has 1 heterocycles. The molecule has 2 aromatic carbocycles. The van der Waals surface area contributed by atoms with E-state index in [-0.39, 0.29) is 23.2 Å². The lowest BCUT2D eigenvalue weighted by atomic mass is 9.88. The second-order valence-corrected chi connectivity index (χ2v) is 10.9. The third kappa shape index (κ3) is 5.78. The molecule has 34 heavy (non-hydrogen) atoms. The zero-order valence-corrected chi connectivity index (χ0v) is 20.8. The average Bonchev–Trinajstić information content (AvgIpc) is 2.89. The van der Waals surface area contributed by atoms with E-state index in [1.165, 1.54) is 13.2 Å². The van der Waals surface area contributed by atoms with Gasteiger partial charge in [-0.3, -0.25) is 10.1 Å². The first-order valence-electron chi connectivity index (χ1n) is 11.6. The van der Waals surface area contributed by atoms with E-state index in [0.717, 1.165) is 24.8 Å². The number of sulfone groups is 1. The lowest BCUT2D eigenvalue weighted by molar-refractivity contribution is -0.155. The number of fused-ring (bicyclic) bond motifs is 1. The number of nitrogens with one attached hydrogen (secondary N) is 1. The molecule has 186 valence electrons. The number of carbonyl (C=O) groups is 1. The quantitative estimate of drug-likeness (QED) is 0.431. The van der Waals surface area contributed by atoms with Gasteiger partial charge in [-0.25, -0.2) is 8.42 Å². The van der Waals surface area contributed by atoms with E-state index < -0.39 is 27.9 Å². The van der Waals surface area contributed by atoms with Crippen molar-refractivity contribution < 1.29 is 28.3 Å². The molecule has 1 aliphatic heterocycles. The van der Waals surface area contributed by atoms with Gasteiger partial charge in [0.25, 0.3) is 0 Å². The minimum atomic E-state index is -3.71. The molecule has 2 aromatic rings. The van der Waals surface area contributed by atoms with E-state index in [0.29, 0.717) is 28.4 Å². The van der Waals surface area contributed by atoms with Crippen LogP contribution in [0, 0.1) is 0 Å². The number of hydroxylamine groups is 2. The molecule has 0 fully saturated rings. The summed E-state index contributed by atoms with van der Waals surface area (Å²) in [6.07, 6.45) is 3.23. The fourth-order valence-corrected chi connectivity index (χ4v) is 6.82. The smallest absolute Gasteiger partial charge is 0.320 e. The molecule has 3 rings (SSSR count). The Balaban J connectivity index is 2.20. The molecule has 0 spiro atoms. The van der Waals surface area contributed by atoms with Gasteiger partial charge in [-0.15, -0.1) is 0 Å². The van der Waals surface area contributed by atoms with Crippen molar-refractivity contribution in [1.82, 2.24) is 10.4 Å². The first-order chi connectivity index (χ1) is 16.1. The Kier molecular flexibility index (Phi) is 8.35. The fraction of sp³-hybridized carbons (Fsp3) is 0.480. The predicted molar refractivity (Wildman–Crippen MR) is 129 cm³/mol. The van der Waals surface area contributed by atoms with E-state index >= 15 is 0 Å². The number of aliphatic carboxylic acids is 1. The third-order valence-corrected chi connectivity index (χ3v) is 8.42. The largest absolute Gasteiger partial charge is 0.496 e. The highest BCUT2D eigenvalue weighted by molar-refractivity contribution is 7.91. The molecule has 0 aromatic heterocycles. The van der Waals surface area contributed by atoms with Gasteiger partial charge in [0, 0.05) is 11.1 Å². The first kappa shape index (κ1) is 26.2. The monoisotopic (exact) mass is 490 g/mol. The highest BCUT2D eigenvalue weighted by Crippen LogP contribution is 2.41. The summed E-state index contributed by atoms with van der Waals surface area (Å²) in [4.78, 5) is 11.2. The van der Waals surface area contributed by atoms with Gasteiger partial charge >= 0.3 is 5.97 Å². The summed E-state index contributed by atoms with van der Waals surface area (Å²) in [5, 5.41) is 23.4. The SMILES string of the molecule is CCCC[C@]1(CC)CS(=O)(=O)c2cc(CN(O)CC(=O)O)c(OC)cc2[C@@H](c2ccccc2)N1. The van der Waals surface area contributed by atoms with Crippen molar-refractivity contribution >= 4 is 15.8 Å². The lowest BCUT2D eigenvalue weighted by Crippen LogP contribution is -2.50. The van der Waals surface area contributed by atoms with Gasteiger partial charge in [-0.1, -0.05) is 57.0 Å². The van der Waals surface area contributed by atoms with Crippen molar-refractivity contribution in [2.75, 3.05) is 19.4 Å². The zero-order chi connectivity index (χ0) is 24.9. The molecular formula is C25H34N2O6S. The zero-order valence-electron chi connectivity index (χ0n) is 20.0. The Morgan fingerprint density at radius 2 is 1.94 bits per heavy atom. The summed E-state index contributed by atoms with van der Waals surface area (Å²) < 4.78 is 33.1. The molecule has 9 heteroatoms. The van der Waals surface area contributed by atoms with Crippen molar-refractivity contribution in [3.05, 3.63) is 59.2 Å². The highest BCUT2D eigenvalue weighted by Gasteiger charge is 2.42. The number of ether oxygens (including phenoxy) is 1. The van der Waals surface area contributed by atoms with Crippen LogP contribution in [0.25, 0.3) is 0 Å². The molecule has 0 aliphatic carbocycles. The molecule has 1 aliphatic rings. The van der Waals surface area contributed by atoms with Crippen LogP contribution < -0.4 is 10.1 Å². The maximum atomic E-state index is 13.8. The Bertz CT molecular complexity index is 1110. The molecule has 8 nitrogen and oxygen atoms in total. The second kappa shape index (κ2) is 10.9. The van der Waals surface area contributed by atoms with E-state index in [1.54, 1.807) is 6.07 Å². The van der Waals surface area contributed by atoms with Crippen LogP contribution >= 0.6 is 0 Å². The van der Waals surface area contributed by atoms with Crippen LogP contribution in [0.3, 0.4) is 0 Å². The van der Waals surface area contributed by atoms with Gasteiger partial charge in [-0.2, -0.15) is 5.06 Å². The summed E-state index contributed by atoms with van der Waals surface area (Å²) in [5.41, 5.74) is 1.33. The molecule has 0 saturated heterocycles. The lowest BCUT2D eigenvalue weighted by Gasteiger charge is -2.36. The van der Waals surface area contributed by atoms with Crippen LogP contribution in [0.15, 0.2) is 47.4 Å². The number of carboxylic acid groups (broad SMARTS) is 1. The van der Waals surface area contributed by atoms with Gasteiger partial charge in [0.1, 0.15) is 12.3 Å². The van der Waals surface area contributed by atoms with Gasteiger partial charge in [0.15, 0.2) is 9.84 Å². The fourth-order valence-electron chi connectivity index (χ4n) is 4.65. The number of hydrogen-bond acceptors (Lipinski definition) is 7. The minimum absolute atomic E-state index is 0.0451. The Morgan fingerprint density at radius 1 is 1.24 bits per heavy atom. The van der Waals surface area contributed by atoms with E-state index in [9.17, 15) is 18.4 Å². The number of carboxylic acids is 1. The summed E-state index contributed by atoms with van der Waals surface area (Å²) in [7, 11) is -2.24. The first-order valence-corrected chi connectivity index (χ1v) is 13.2. The third-order valence-electron chi connectivity index (χ3n) is 6.46. The van der Waals surface area contributed by atoms with Crippen LogP contribution in [-0.2, 0) is 21.2 Å². The summed E-state index contributed by atoms with van der Waals surface area (Å²) in [5.74, 6) is -0.851. The highest BCUT2D eigenvalue weighted by atomic mass is 32.2. The maximum Gasteiger partial charge on any atom is 0.320 e. The molecule has 2 atom stereocenters. The molecule has 0 radical (unpaired) electrons. The minimum Gasteiger partial charge on any atom is -0.496 e. The van der Waals surface area contributed by atoms with E-state index in [2.05, 4.69) is 12.2 Å². The van der Waals surface area contributed by atoms with E-state index in [1.807, 2.05) is 37.3 Å². The Labute approximate surface area is 201 Å². The topological polar surface area (TPSA) is 116 Å². The van der Waals surface area contributed by atoms with Crippen molar-refractivity contribution in [2.45, 2.75) is 62.6 Å². The number of rotatable bonds is 10. The number of benzene rings is 2.